The third-order valence-electron chi connectivity index (χ3n) is 4.67. The number of aromatic nitrogens is 1. The number of halogens is 3. The number of carbonyl (C=O) groups excluding carboxylic acids is 2. The number of hydrogen-bond acceptors (Lipinski definition) is 6. The lowest BCUT2D eigenvalue weighted by Crippen LogP contribution is -2.51. The maximum Gasteiger partial charge on any atom is 0.573 e. The summed E-state index contributed by atoms with van der Waals surface area (Å²) in [5.74, 6) is -1.07. The van der Waals surface area contributed by atoms with Crippen molar-refractivity contribution in [2.75, 3.05) is 11.9 Å². The lowest BCUT2D eigenvalue weighted by molar-refractivity contribution is -0.274. The van der Waals surface area contributed by atoms with Gasteiger partial charge in [0.1, 0.15) is 11.8 Å². The van der Waals surface area contributed by atoms with Crippen molar-refractivity contribution in [2.24, 2.45) is 11.7 Å². The highest BCUT2D eigenvalue weighted by Crippen LogP contribution is 2.32. The second kappa shape index (κ2) is 8.15. The molecule has 158 valence electrons. The van der Waals surface area contributed by atoms with Crippen LogP contribution in [0.2, 0.25) is 0 Å². The summed E-state index contributed by atoms with van der Waals surface area (Å²) >= 11 is 1.03. The summed E-state index contributed by atoms with van der Waals surface area (Å²) in [7, 11) is 0. The van der Waals surface area contributed by atoms with E-state index in [-0.39, 0.29) is 22.7 Å². The number of rotatable bonds is 5. The molecule has 0 saturated carbocycles. The molecule has 2 amide bonds. The molecule has 0 radical (unpaired) electrons. The van der Waals surface area contributed by atoms with E-state index >= 15 is 0 Å². The molecule has 1 aliphatic rings. The Hall–Kier alpha value is -2.40. The Morgan fingerprint density at radius 2 is 2.10 bits per heavy atom. The molecule has 7 nitrogen and oxygen atoms in total. The number of nitrogens with zero attached hydrogens (tertiary/aromatic N) is 2. The summed E-state index contributed by atoms with van der Waals surface area (Å²) in [5.41, 5.74) is 6.37. The number of alkyl halides is 3. The number of amides is 2. The Morgan fingerprint density at radius 1 is 1.38 bits per heavy atom. The summed E-state index contributed by atoms with van der Waals surface area (Å²) in [4.78, 5) is 31.0. The van der Waals surface area contributed by atoms with Crippen LogP contribution in [-0.4, -0.2) is 46.7 Å². The van der Waals surface area contributed by atoms with Gasteiger partial charge in [-0.15, -0.1) is 13.2 Å². The molecule has 3 rings (SSSR count). The standard InChI is InChI=1S/C18H21F3N4O3S/c1-9(2)14(22)16(27)25-7-3-4-12(25)15(26)24-17-23-11-6-5-10(8-13(11)29-17)28-18(19,20)21/h5-6,8-9,12,14H,3-4,7,22H2,1-2H3,(H,23,24,26)/t12-,14-/m1/s1. The van der Waals surface area contributed by atoms with Gasteiger partial charge in [0, 0.05) is 12.6 Å². The average molecular weight is 430 g/mol. The molecule has 1 aliphatic heterocycles. The lowest BCUT2D eigenvalue weighted by Gasteiger charge is -2.27. The number of thiazole rings is 1. The van der Waals surface area contributed by atoms with Crippen molar-refractivity contribution in [2.45, 2.75) is 45.1 Å². The van der Waals surface area contributed by atoms with E-state index in [1.165, 1.54) is 17.0 Å². The number of hydrogen-bond donors (Lipinski definition) is 2. The maximum absolute atomic E-state index is 12.7. The first-order valence-electron chi connectivity index (χ1n) is 9.08. The molecular formula is C18H21F3N4O3S. The topological polar surface area (TPSA) is 97.6 Å². The van der Waals surface area contributed by atoms with Crippen LogP contribution in [0.1, 0.15) is 26.7 Å². The second-order valence-corrected chi connectivity index (χ2v) is 8.18. The first-order valence-corrected chi connectivity index (χ1v) is 9.90. The molecule has 1 saturated heterocycles. The van der Waals surface area contributed by atoms with Gasteiger partial charge in [-0.05, 0) is 30.9 Å². The predicted octanol–water partition coefficient (Wildman–Crippen LogP) is 3.11. The van der Waals surface area contributed by atoms with Crippen LogP contribution in [0.25, 0.3) is 10.2 Å². The molecule has 11 heteroatoms. The molecule has 2 atom stereocenters. The molecular weight excluding hydrogens is 409 g/mol. The number of benzene rings is 1. The molecule has 0 unspecified atom stereocenters. The Kier molecular flexibility index (Phi) is 5.99. The number of nitrogens with two attached hydrogens (primary N) is 1. The van der Waals surface area contributed by atoms with Crippen molar-refractivity contribution in [3.05, 3.63) is 18.2 Å². The fourth-order valence-corrected chi connectivity index (χ4v) is 4.02. The van der Waals surface area contributed by atoms with Crippen molar-refractivity contribution in [1.82, 2.24) is 9.88 Å². The SMILES string of the molecule is CC(C)[C@@H](N)C(=O)N1CCC[C@@H]1C(=O)Nc1nc2ccc(OC(F)(F)F)cc2s1. The van der Waals surface area contributed by atoms with Crippen molar-refractivity contribution < 1.29 is 27.5 Å². The number of anilines is 1. The van der Waals surface area contributed by atoms with Crippen molar-refractivity contribution in [3.63, 3.8) is 0 Å². The molecule has 3 N–H and O–H groups in total. The summed E-state index contributed by atoms with van der Waals surface area (Å²) in [6.45, 7) is 4.13. The minimum atomic E-state index is -4.79. The molecule has 1 aromatic heterocycles. The zero-order valence-corrected chi connectivity index (χ0v) is 16.6. The minimum Gasteiger partial charge on any atom is -0.406 e. The van der Waals surface area contributed by atoms with Gasteiger partial charge in [-0.25, -0.2) is 4.98 Å². The van der Waals surface area contributed by atoms with Gasteiger partial charge >= 0.3 is 6.36 Å². The number of carbonyl (C=O) groups is 2. The third kappa shape index (κ3) is 4.96. The van der Waals surface area contributed by atoms with Gasteiger partial charge in [-0.3, -0.25) is 9.59 Å². The van der Waals surface area contributed by atoms with Gasteiger partial charge in [0.05, 0.1) is 16.3 Å². The zero-order chi connectivity index (χ0) is 21.3. The van der Waals surface area contributed by atoms with Gasteiger partial charge in [0.25, 0.3) is 0 Å². The summed E-state index contributed by atoms with van der Waals surface area (Å²) in [5, 5.41) is 2.90. The molecule has 1 fully saturated rings. The van der Waals surface area contributed by atoms with E-state index in [1.807, 2.05) is 13.8 Å². The van der Waals surface area contributed by atoms with Crippen molar-refractivity contribution in [3.8, 4) is 5.75 Å². The van der Waals surface area contributed by atoms with Crippen LogP contribution in [0.4, 0.5) is 18.3 Å². The fraction of sp³-hybridized carbons (Fsp3) is 0.500. The van der Waals surface area contributed by atoms with Crippen LogP contribution < -0.4 is 15.8 Å². The molecule has 29 heavy (non-hydrogen) atoms. The van der Waals surface area contributed by atoms with E-state index in [2.05, 4.69) is 15.0 Å². The van der Waals surface area contributed by atoms with E-state index in [0.717, 1.165) is 17.4 Å². The minimum absolute atomic E-state index is 0.0517. The first kappa shape index (κ1) is 21.3. The second-order valence-electron chi connectivity index (χ2n) is 7.15. The number of ether oxygens (including phenoxy) is 1. The Balaban J connectivity index is 1.72. The van der Waals surface area contributed by atoms with Crippen LogP contribution in [-0.2, 0) is 9.59 Å². The van der Waals surface area contributed by atoms with Crippen LogP contribution >= 0.6 is 11.3 Å². The summed E-state index contributed by atoms with van der Waals surface area (Å²) in [6.07, 6.45) is -3.59. The van der Waals surface area contributed by atoms with E-state index in [4.69, 9.17) is 5.73 Å². The number of likely N-dealkylation sites (tertiary alicyclic amines) is 1. The lowest BCUT2D eigenvalue weighted by atomic mass is 10.0. The van der Waals surface area contributed by atoms with Crippen molar-refractivity contribution >= 4 is 38.5 Å². The highest BCUT2D eigenvalue weighted by Gasteiger charge is 2.37. The van der Waals surface area contributed by atoms with E-state index in [1.54, 1.807) is 0 Å². The molecule has 2 aromatic rings. The molecule has 1 aromatic carbocycles. The van der Waals surface area contributed by atoms with Gasteiger partial charge in [0.15, 0.2) is 5.13 Å². The quantitative estimate of drug-likeness (QED) is 0.760. The van der Waals surface area contributed by atoms with E-state index < -0.39 is 24.4 Å². The molecule has 2 heterocycles. The monoisotopic (exact) mass is 430 g/mol. The Morgan fingerprint density at radius 3 is 2.76 bits per heavy atom. The van der Waals surface area contributed by atoms with Crippen LogP contribution in [0, 0.1) is 5.92 Å². The normalized spacial score (nSPS) is 18.3. The smallest absolute Gasteiger partial charge is 0.406 e. The Labute approximate surface area is 169 Å². The molecule has 0 spiro atoms. The summed E-state index contributed by atoms with van der Waals surface area (Å²) in [6, 6.07) is 2.42. The predicted molar refractivity (Wildman–Crippen MR) is 102 cm³/mol. The van der Waals surface area contributed by atoms with Gasteiger partial charge in [-0.2, -0.15) is 0 Å². The largest absolute Gasteiger partial charge is 0.573 e. The van der Waals surface area contributed by atoms with Crippen LogP contribution in [0.3, 0.4) is 0 Å². The van der Waals surface area contributed by atoms with E-state index in [0.29, 0.717) is 29.6 Å². The molecule has 0 aliphatic carbocycles. The Bertz CT molecular complexity index is 915. The maximum atomic E-state index is 12.7. The van der Waals surface area contributed by atoms with E-state index in [9.17, 15) is 22.8 Å². The van der Waals surface area contributed by atoms with Crippen LogP contribution in [0.5, 0.6) is 5.75 Å². The molecule has 0 bridgehead atoms. The third-order valence-corrected chi connectivity index (χ3v) is 5.60. The fourth-order valence-electron chi connectivity index (χ4n) is 3.12. The first-order chi connectivity index (χ1) is 13.5. The number of nitrogens with one attached hydrogen (secondary N) is 1. The average Bonchev–Trinajstić information content (AvgIpc) is 3.24. The highest BCUT2D eigenvalue weighted by atomic mass is 32.1. The summed E-state index contributed by atoms with van der Waals surface area (Å²) < 4.78 is 41.4. The highest BCUT2D eigenvalue weighted by molar-refractivity contribution is 7.22. The van der Waals surface area contributed by atoms with Gasteiger partial charge < -0.3 is 20.7 Å². The zero-order valence-electron chi connectivity index (χ0n) is 15.8. The van der Waals surface area contributed by atoms with Gasteiger partial charge in [-0.1, -0.05) is 25.2 Å². The van der Waals surface area contributed by atoms with Gasteiger partial charge in [0.2, 0.25) is 11.8 Å². The van der Waals surface area contributed by atoms with Crippen molar-refractivity contribution in [1.29, 1.82) is 0 Å². The van der Waals surface area contributed by atoms with Crippen LogP contribution in [0.15, 0.2) is 18.2 Å². The number of fused-ring (bicyclic) bond motifs is 1.